The Morgan fingerprint density at radius 3 is 2.24 bits per heavy atom. The molecule has 1 N–H and O–H groups in total. The molecule has 0 saturated carbocycles. The Balaban J connectivity index is 1.54. The summed E-state index contributed by atoms with van der Waals surface area (Å²) in [5.41, 5.74) is 1.49. The summed E-state index contributed by atoms with van der Waals surface area (Å²) in [6, 6.07) is 9.01. The molecule has 3 heterocycles. The lowest BCUT2D eigenvalue weighted by Gasteiger charge is -2.38. The van der Waals surface area contributed by atoms with Gasteiger partial charge in [-0.3, -0.25) is 9.47 Å². The van der Waals surface area contributed by atoms with Gasteiger partial charge in [0, 0.05) is 74.5 Å². The average Bonchev–Trinajstić information content (AvgIpc) is 3.27. The zero-order chi connectivity index (χ0) is 29.4. The van der Waals surface area contributed by atoms with Crippen LogP contribution in [0, 0.1) is 5.82 Å². The number of halogens is 4. The lowest BCUT2D eigenvalue weighted by atomic mass is 9.97. The molecule has 0 radical (unpaired) electrons. The molecule has 1 aliphatic heterocycles. The SMILES string of the molecule is CC(C)N1CCN(c2cc(-c3cc(F)cc(-c4ccc(-n5ccn(C)c5=O)c(Cl)c4)c3O)cnc2OC(F)F)CC1. The fourth-order valence-electron chi connectivity index (χ4n) is 5.03. The van der Waals surface area contributed by atoms with Gasteiger partial charge in [0.05, 0.1) is 10.7 Å². The minimum absolute atomic E-state index is 0.123. The van der Waals surface area contributed by atoms with E-state index in [9.17, 15) is 23.1 Å². The Kier molecular flexibility index (Phi) is 8.01. The summed E-state index contributed by atoms with van der Waals surface area (Å²) < 4.78 is 48.8. The van der Waals surface area contributed by atoms with E-state index in [4.69, 9.17) is 16.3 Å². The summed E-state index contributed by atoms with van der Waals surface area (Å²) >= 11 is 6.50. The summed E-state index contributed by atoms with van der Waals surface area (Å²) in [4.78, 5) is 20.7. The molecule has 0 aliphatic carbocycles. The van der Waals surface area contributed by atoms with E-state index >= 15 is 0 Å². The minimum Gasteiger partial charge on any atom is -0.507 e. The van der Waals surface area contributed by atoms with Crippen LogP contribution in [0.2, 0.25) is 5.02 Å². The van der Waals surface area contributed by atoms with Crippen LogP contribution in [0.1, 0.15) is 13.8 Å². The fourth-order valence-corrected chi connectivity index (χ4v) is 5.30. The van der Waals surface area contributed by atoms with Crippen molar-refractivity contribution in [2.45, 2.75) is 26.5 Å². The molecular weight excluding hydrogens is 559 g/mol. The second-order valence-corrected chi connectivity index (χ2v) is 10.5. The van der Waals surface area contributed by atoms with Crippen molar-refractivity contribution in [3.05, 3.63) is 76.3 Å². The highest BCUT2D eigenvalue weighted by Gasteiger charge is 2.25. The number of phenolic OH excluding ortho intramolecular Hbond substituents is 1. The molecule has 0 bridgehead atoms. The molecule has 2 aromatic heterocycles. The zero-order valence-corrected chi connectivity index (χ0v) is 23.4. The maximum atomic E-state index is 15.0. The Morgan fingerprint density at radius 1 is 0.976 bits per heavy atom. The van der Waals surface area contributed by atoms with E-state index in [2.05, 4.69) is 23.7 Å². The third-order valence-corrected chi connectivity index (χ3v) is 7.57. The number of aromatic nitrogens is 3. The Labute approximate surface area is 239 Å². The maximum absolute atomic E-state index is 15.0. The maximum Gasteiger partial charge on any atom is 0.388 e. The smallest absolute Gasteiger partial charge is 0.388 e. The summed E-state index contributed by atoms with van der Waals surface area (Å²) in [7, 11) is 1.62. The van der Waals surface area contributed by atoms with E-state index in [1.165, 1.54) is 27.5 Å². The van der Waals surface area contributed by atoms with Crippen LogP contribution < -0.4 is 15.3 Å². The van der Waals surface area contributed by atoms with Crippen LogP contribution in [0.15, 0.2) is 59.8 Å². The first-order valence-electron chi connectivity index (χ1n) is 13.0. The van der Waals surface area contributed by atoms with Gasteiger partial charge in [0.25, 0.3) is 0 Å². The number of imidazole rings is 1. The average molecular weight is 588 g/mol. The summed E-state index contributed by atoms with van der Waals surface area (Å²) in [6.07, 6.45) is 4.44. The summed E-state index contributed by atoms with van der Waals surface area (Å²) in [5.74, 6) is -1.12. The number of nitrogens with zero attached hydrogens (tertiary/aromatic N) is 5. The standard InChI is InChI=1S/C29H29ClF3N5O3/c1-17(2)36-7-9-37(10-8-36)25-13-19(16-34-27(25)41-28(32)33)22-15-20(31)14-21(26(22)39)18-4-5-24(23(30)12-18)38-11-6-35(3)29(38)40/h4-6,11-17,28,39H,7-10H2,1-3H3. The monoisotopic (exact) mass is 587 g/mol. The zero-order valence-electron chi connectivity index (χ0n) is 22.7. The molecule has 41 heavy (non-hydrogen) atoms. The number of hydrogen-bond donors (Lipinski definition) is 1. The Hall–Kier alpha value is -3.96. The van der Waals surface area contributed by atoms with Gasteiger partial charge in [-0.1, -0.05) is 17.7 Å². The third-order valence-electron chi connectivity index (χ3n) is 7.27. The second-order valence-electron chi connectivity index (χ2n) is 10.1. The number of ether oxygens (including phenoxy) is 1. The number of alkyl halides is 2. The Morgan fingerprint density at radius 2 is 1.66 bits per heavy atom. The van der Waals surface area contributed by atoms with E-state index in [0.29, 0.717) is 41.6 Å². The first-order chi connectivity index (χ1) is 19.5. The van der Waals surface area contributed by atoms with Crippen LogP contribution >= 0.6 is 11.6 Å². The molecule has 1 fully saturated rings. The fraction of sp³-hybridized carbons (Fsp3) is 0.310. The number of aryl methyl sites for hydroxylation is 1. The largest absolute Gasteiger partial charge is 0.507 e. The molecule has 1 saturated heterocycles. The van der Waals surface area contributed by atoms with Gasteiger partial charge >= 0.3 is 12.3 Å². The van der Waals surface area contributed by atoms with Crippen LogP contribution in [0.4, 0.5) is 18.9 Å². The van der Waals surface area contributed by atoms with E-state index in [1.807, 2.05) is 4.90 Å². The quantitative estimate of drug-likeness (QED) is 0.306. The molecule has 0 unspecified atom stereocenters. The van der Waals surface area contributed by atoms with Gasteiger partial charge in [0.2, 0.25) is 5.88 Å². The molecule has 12 heteroatoms. The van der Waals surface area contributed by atoms with Crippen LogP contribution in [0.5, 0.6) is 11.6 Å². The number of anilines is 1. The van der Waals surface area contributed by atoms with E-state index in [0.717, 1.165) is 19.2 Å². The summed E-state index contributed by atoms with van der Waals surface area (Å²) in [5, 5.41) is 11.5. The van der Waals surface area contributed by atoms with Crippen LogP contribution in [-0.4, -0.2) is 63.0 Å². The second kappa shape index (κ2) is 11.5. The van der Waals surface area contributed by atoms with Gasteiger partial charge in [-0.15, -0.1) is 0 Å². The first kappa shape index (κ1) is 28.6. The molecule has 5 rings (SSSR count). The lowest BCUT2D eigenvalue weighted by Crippen LogP contribution is -2.49. The van der Waals surface area contributed by atoms with Crippen molar-refractivity contribution in [2.24, 2.45) is 7.05 Å². The minimum atomic E-state index is -3.07. The predicted molar refractivity (Wildman–Crippen MR) is 152 cm³/mol. The molecule has 8 nitrogen and oxygen atoms in total. The van der Waals surface area contributed by atoms with E-state index in [-0.39, 0.29) is 33.5 Å². The molecule has 0 amide bonds. The lowest BCUT2D eigenvalue weighted by molar-refractivity contribution is -0.0525. The number of aromatic hydroxyl groups is 1. The van der Waals surface area contributed by atoms with Crippen LogP contribution in [0.25, 0.3) is 27.9 Å². The predicted octanol–water partition coefficient (Wildman–Crippen LogP) is 5.53. The van der Waals surface area contributed by atoms with Gasteiger partial charge in [0.1, 0.15) is 17.3 Å². The van der Waals surface area contributed by atoms with Crippen molar-refractivity contribution in [2.75, 3.05) is 31.1 Å². The number of rotatable bonds is 7. The molecule has 2 aromatic carbocycles. The molecule has 4 aromatic rings. The van der Waals surface area contributed by atoms with E-state index in [1.54, 1.807) is 37.6 Å². The van der Waals surface area contributed by atoms with Crippen molar-refractivity contribution in [3.8, 4) is 39.6 Å². The summed E-state index contributed by atoms with van der Waals surface area (Å²) in [6.45, 7) is 3.66. The van der Waals surface area contributed by atoms with E-state index < -0.39 is 12.4 Å². The van der Waals surface area contributed by atoms with Crippen molar-refractivity contribution >= 4 is 17.3 Å². The topological polar surface area (TPSA) is 75.8 Å². The molecular formula is C29H29ClF3N5O3. The third kappa shape index (κ3) is 5.77. The van der Waals surface area contributed by atoms with Crippen LogP contribution in [0.3, 0.4) is 0 Å². The Bertz CT molecular complexity index is 1630. The van der Waals surface area contributed by atoms with Crippen molar-refractivity contribution in [3.63, 3.8) is 0 Å². The number of hydrogen-bond acceptors (Lipinski definition) is 6. The van der Waals surface area contributed by atoms with Gasteiger partial charge in [-0.05, 0) is 49.7 Å². The van der Waals surface area contributed by atoms with Gasteiger partial charge < -0.3 is 19.3 Å². The highest BCUT2D eigenvalue weighted by atomic mass is 35.5. The number of pyridine rings is 1. The van der Waals surface area contributed by atoms with Crippen molar-refractivity contribution in [1.29, 1.82) is 0 Å². The molecule has 216 valence electrons. The van der Waals surface area contributed by atoms with Gasteiger partial charge in [-0.25, -0.2) is 14.2 Å². The molecule has 0 atom stereocenters. The highest BCUT2D eigenvalue weighted by molar-refractivity contribution is 6.32. The highest BCUT2D eigenvalue weighted by Crippen LogP contribution is 2.42. The molecule has 0 spiro atoms. The van der Waals surface area contributed by atoms with Gasteiger partial charge in [-0.2, -0.15) is 8.78 Å². The number of piperazine rings is 1. The molecule has 1 aliphatic rings. The van der Waals surface area contributed by atoms with Crippen molar-refractivity contribution in [1.82, 2.24) is 19.0 Å². The first-order valence-corrected chi connectivity index (χ1v) is 13.4. The number of benzene rings is 2. The van der Waals surface area contributed by atoms with Crippen LogP contribution in [-0.2, 0) is 7.05 Å². The van der Waals surface area contributed by atoms with Crippen molar-refractivity contribution < 1.29 is 23.0 Å². The van der Waals surface area contributed by atoms with Gasteiger partial charge in [0.15, 0.2) is 0 Å². The number of phenols is 1. The normalized spacial score (nSPS) is 14.3.